The lowest BCUT2D eigenvalue weighted by atomic mass is 9.75. The second-order valence-corrected chi connectivity index (χ2v) is 10.1. The molecule has 0 radical (unpaired) electrons. The molecule has 2 heterocycles. The molecule has 2 fully saturated rings. The van der Waals surface area contributed by atoms with Crippen molar-refractivity contribution in [3.63, 3.8) is 0 Å². The first-order chi connectivity index (χ1) is 15.9. The highest BCUT2D eigenvalue weighted by atomic mass is 19.2. The summed E-state index contributed by atoms with van der Waals surface area (Å²) in [6.07, 6.45) is 6.32. The van der Waals surface area contributed by atoms with E-state index in [1.54, 1.807) is 19.1 Å². The number of halogens is 3. The lowest BCUT2D eigenvalue weighted by Crippen LogP contribution is -2.19. The van der Waals surface area contributed by atoms with Crippen molar-refractivity contribution in [2.45, 2.75) is 51.4 Å². The van der Waals surface area contributed by atoms with Crippen LogP contribution in [0.25, 0.3) is 21.9 Å². The van der Waals surface area contributed by atoms with Gasteiger partial charge in [-0.1, -0.05) is 6.92 Å². The summed E-state index contributed by atoms with van der Waals surface area (Å²) in [5.41, 5.74) is 3.43. The molecule has 2 aromatic heterocycles. The number of nitrogens with one attached hydrogen (secondary N) is 1. The molecule has 33 heavy (non-hydrogen) atoms. The van der Waals surface area contributed by atoms with E-state index in [2.05, 4.69) is 27.9 Å². The Morgan fingerprint density at radius 1 is 1.03 bits per heavy atom. The number of pyridine rings is 1. The van der Waals surface area contributed by atoms with Crippen molar-refractivity contribution < 1.29 is 13.2 Å². The van der Waals surface area contributed by atoms with E-state index in [4.69, 9.17) is 0 Å². The molecule has 2 bridgehead atoms. The fraction of sp³-hybridized carbons (Fsp3) is 0.407. The molecule has 2 aliphatic carbocycles. The number of imidazole rings is 1. The van der Waals surface area contributed by atoms with Gasteiger partial charge >= 0.3 is 0 Å². The van der Waals surface area contributed by atoms with Gasteiger partial charge < -0.3 is 4.98 Å². The number of aromatic amines is 1. The standard InChI is InChI=1S/C27H26F3N3/c1-13(27-32-24-12-22(29)25(30)14(2)26(24)33-27)7-15-8-17-9-16(15)10-20(17)19-5-6-31-23-4-3-18(28)11-21(19)23/h3-6,11-13,15-17,20H,7-10H2,1-2H3,(H,32,33). The van der Waals surface area contributed by atoms with Crippen molar-refractivity contribution in [3.8, 4) is 0 Å². The molecule has 0 saturated heterocycles. The van der Waals surface area contributed by atoms with Crippen LogP contribution < -0.4 is 0 Å². The van der Waals surface area contributed by atoms with E-state index in [-0.39, 0.29) is 17.3 Å². The molecule has 2 aromatic carbocycles. The molecule has 6 rings (SSSR count). The summed E-state index contributed by atoms with van der Waals surface area (Å²) in [4.78, 5) is 12.2. The fourth-order valence-corrected chi connectivity index (χ4v) is 6.59. The summed E-state index contributed by atoms with van der Waals surface area (Å²) in [5.74, 6) is 1.40. The SMILES string of the molecule is Cc1c(F)c(F)cc2nc(C(C)CC3CC4CC3CC4c3ccnc4ccc(F)cc34)[nH]c12. The van der Waals surface area contributed by atoms with Crippen molar-refractivity contribution in [3.05, 3.63) is 70.9 Å². The zero-order chi connectivity index (χ0) is 22.9. The molecule has 3 nitrogen and oxygen atoms in total. The monoisotopic (exact) mass is 449 g/mol. The normalized spacial score (nSPS) is 25.4. The number of rotatable bonds is 4. The summed E-state index contributed by atoms with van der Waals surface area (Å²) in [5, 5.41) is 0.942. The number of hydrogen-bond donors (Lipinski definition) is 1. The van der Waals surface area contributed by atoms with Crippen LogP contribution >= 0.6 is 0 Å². The van der Waals surface area contributed by atoms with Gasteiger partial charge in [0.2, 0.25) is 0 Å². The third-order valence-electron chi connectivity index (χ3n) is 8.19. The number of benzene rings is 2. The van der Waals surface area contributed by atoms with E-state index in [0.717, 1.165) is 36.0 Å². The first-order valence-corrected chi connectivity index (χ1v) is 11.8. The molecular formula is C27H26F3N3. The van der Waals surface area contributed by atoms with Gasteiger partial charge in [-0.25, -0.2) is 18.2 Å². The second-order valence-electron chi connectivity index (χ2n) is 10.1. The Morgan fingerprint density at radius 3 is 2.67 bits per heavy atom. The molecule has 170 valence electrons. The average molecular weight is 450 g/mol. The Labute approximate surface area is 190 Å². The lowest BCUT2D eigenvalue weighted by Gasteiger charge is -2.30. The molecule has 4 aromatic rings. The van der Waals surface area contributed by atoms with Gasteiger partial charge in [0.05, 0.1) is 16.6 Å². The van der Waals surface area contributed by atoms with Crippen molar-refractivity contribution in [2.24, 2.45) is 17.8 Å². The van der Waals surface area contributed by atoms with Gasteiger partial charge in [-0.15, -0.1) is 0 Å². The summed E-state index contributed by atoms with van der Waals surface area (Å²) in [6, 6.07) is 8.10. The van der Waals surface area contributed by atoms with Gasteiger partial charge in [0, 0.05) is 29.1 Å². The Hall–Kier alpha value is -2.89. The Bertz CT molecular complexity index is 1380. The van der Waals surface area contributed by atoms with Crippen LogP contribution in [-0.2, 0) is 0 Å². The fourth-order valence-electron chi connectivity index (χ4n) is 6.59. The van der Waals surface area contributed by atoms with Gasteiger partial charge in [-0.2, -0.15) is 0 Å². The highest BCUT2D eigenvalue weighted by molar-refractivity contribution is 5.82. The lowest BCUT2D eigenvalue weighted by molar-refractivity contribution is 0.276. The molecule has 0 spiro atoms. The van der Waals surface area contributed by atoms with Crippen molar-refractivity contribution in [2.75, 3.05) is 0 Å². The van der Waals surface area contributed by atoms with Gasteiger partial charge in [0.25, 0.3) is 0 Å². The van der Waals surface area contributed by atoms with Crippen LogP contribution in [0, 0.1) is 42.1 Å². The largest absolute Gasteiger partial charge is 0.341 e. The quantitative estimate of drug-likeness (QED) is 0.359. The summed E-state index contributed by atoms with van der Waals surface area (Å²) >= 11 is 0. The highest BCUT2D eigenvalue weighted by Crippen LogP contribution is 2.58. The van der Waals surface area contributed by atoms with E-state index in [1.807, 2.05) is 6.20 Å². The zero-order valence-corrected chi connectivity index (χ0v) is 18.7. The van der Waals surface area contributed by atoms with Crippen LogP contribution in [0.2, 0.25) is 0 Å². The van der Waals surface area contributed by atoms with Crippen LogP contribution in [0.3, 0.4) is 0 Å². The minimum Gasteiger partial charge on any atom is -0.341 e. The Balaban J connectivity index is 1.20. The predicted octanol–water partition coefficient (Wildman–Crippen LogP) is 7.16. The Kier molecular flexibility index (Phi) is 4.75. The van der Waals surface area contributed by atoms with E-state index in [0.29, 0.717) is 34.7 Å². The predicted molar refractivity (Wildman–Crippen MR) is 123 cm³/mol. The zero-order valence-electron chi connectivity index (χ0n) is 18.7. The topological polar surface area (TPSA) is 41.6 Å². The van der Waals surface area contributed by atoms with Crippen molar-refractivity contribution in [1.82, 2.24) is 15.0 Å². The minimum atomic E-state index is -0.853. The van der Waals surface area contributed by atoms with E-state index < -0.39 is 11.6 Å². The third kappa shape index (κ3) is 3.33. The number of aryl methyl sites for hydroxylation is 1. The van der Waals surface area contributed by atoms with E-state index in [9.17, 15) is 13.2 Å². The van der Waals surface area contributed by atoms with Gasteiger partial charge in [-0.05, 0) is 86.1 Å². The number of H-pyrrole nitrogens is 1. The molecule has 5 atom stereocenters. The number of hydrogen-bond acceptors (Lipinski definition) is 2. The van der Waals surface area contributed by atoms with E-state index in [1.165, 1.54) is 24.1 Å². The van der Waals surface area contributed by atoms with Gasteiger partial charge in [0.15, 0.2) is 11.6 Å². The smallest absolute Gasteiger partial charge is 0.163 e. The maximum Gasteiger partial charge on any atom is 0.163 e. The van der Waals surface area contributed by atoms with Crippen molar-refractivity contribution in [1.29, 1.82) is 0 Å². The minimum absolute atomic E-state index is 0.182. The van der Waals surface area contributed by atoms with Crippen LogP contribution in [-0.4, -0.2) is 15.0 Å². The molecule has 2 aliphatic rings. The van der Waals surface area contributed by atoms with E-state index >= 15 is 0 Å². The second kappa shape index (κ2) is 7.57. The first-order valence-electron chi connectivity index (χ1n) is 11.8. The molecule has 6 heteroatoms. The summed E-state index contributed by atoms with van der Waals surface area (Å²) < 4.78 is 41.7. The number of fused-ring (bicyclic) bond motifs is 4. The molecule has 5 unspecified atom stereocenters. The molecule has 2 saturated carbocycles. The Morgan fingerprint density at radius 2 is 1.88 bits per heavy atom. The third-order valence-corrected chi connectivity index (χ3v) is 8.19. The number of nitrogens with zero attached hydrogens (tertiary/aromatic N) is 2. The van der Waals surface area contributed by atoms with Crippen LogP contribution in [0.4, 0.5) is 13.2 Å². The molecule has 0 aliphatic heterocycles. The number of aromatic nitrogens is 3. The van der Waals surface area contributed by atoms with Gasteiger partial charge in [0.1, 0.15) is 11.6 Å². The first kappa shape index (κ1) is 20.7. The highest BCUT2D eigenvalue weighted by Gasteiger charge is 2.46. The van der Waals surface area contributed by atoms with Crippen LogP contribution in [0.15, 0.2) is 36.5 Å². The average Bonchev–Trinajstić information content (AvgIpc) is 3.51. The van der Waals surface area contributed by atoms with Crippen LogP contribution in [0.1, 0.15) is 61.4 Å². The van der Waals surface area contributed by atoms with Crippen LogP contribution in [0.5, 0.6) is 0 Å². The molecule has 1 N–H and O–H groups in total. The maximum absolute atomic E-state index is 13.9. The molecule has 0 amide bonds. The van der Waals surface area contributed by atoms with Gasteiger partial charge in [-0.3, -0.25) is 4.98 Å². The molecular weight excluding hydrogens is 423 g/mol. The summed E-state index contributed by atoms with van der Waals surface area (Å²) in [7, 11) is 0. The summed E-state index contributed by atoms with van der Waals surface area (Å²) in [6.45, 7) is 3.72. The van der Waals surface area contributed by atoms with Crippen molar-refractivity contribution >= 4 is 21.9 Å². The maximum atomic E-state index is 13.9.